The molecule has 2 rings (SSSR count). The first-order valence-corrected chi connectivity index (χ1v) is 7.24. The van der Waals surface area contributed by atoms with Crippen molar-refractivity contribution in [3.05, 3.63) is 35.0 Å². The van der Waals surface area contributed by atoms with Crippen molar-refractivity contribution >= 4 is 33.1 Å². The van der Waals surface area contributed by atoms with Gasteiger partial charge in [-0.15, -0.1) is 0 Å². The summed E-state index contributed by atoms with van der Waals surface area (Å²) < 4.78 is 28.3. The third-order valence-corrected chi connectivity index (χ3v) is 4.48. The van der Waals surface area contributed by atoms with Crippen LogP contribution < -0.4 is 10.5 Å². The second-order valence-electron chi connectivity index (χ2n) is 4.09. The van der Waals surface area contributed by atoms with Gasteiger partial charge in [0.05, 0.1) is 21.8 Å². The van der Waals surface area contributed by atoms with Crippen LogP contribution in [0, 0.1) is 6.92 Å². The molecule has 102 valence electrons. The van der Waals surface area contributed by atoms with Gasteiger partial charge >= 0.3 is 0 Å². The average Bonchev–Trinajstić information content (AvgIpc) is 2.70. The molecule has 1 aromatic carbocycles. The molecule has 2 aromatic rings. The Bertz CT molecular complexity index is 701. The van der Waals surface area contributed by atoms with Crippen LogP contribution in [0.4, 0.5) is 11.5 Å². The Morgan fingerprint density at radius 2 is 2.11 bits per heavy atom. The summed E-state index contributed by atoms with van der Waals surface area (Å²) in [5.41, 5.74) is 6.51. The largest absolute Gasteiger partial charge is 0.397 e. The Morgan fingerprint density at radius 1 is 1.42 bits per heavy atom. The van der Waals surface area contributed by atoms with Crippen molar-refractivity contribution in [2.24, 2.45) is 7.05 Å². The summed E-state index contributed by atoms with van der Waals surface area (Å²) in [7, 11) is -2.08. The summed E-state index contributed by atoms with van der Waals surface area (Å²) in [6, 6.07) is 4.36. The van der Waals surface area contributed by atoms with E-state index in [0.717, 1.165) is 0 Å². The highest BCUT2D eigenvalue weighted by molar-refractivity contribution is 7.92. The zero-order valence-corrected chi connectivity index (χ0v) is 12.0. The number of anilines is 2. The normalized spacial score (nSPS) is 11.5. The lowest BCUT2D eigenvalue weighted by atomic mass is 10.2. The number of rotatable bonds is 3. The van der Waals surface area contributed by atoms with Gasteiger partial charge in [0.25, 0.3) is 10.0 Å². The molecule has 0 saturated heterocycles. The van der Waals surface area contributed by atoms with E-state index in [9.17, 15) is 8.42 Å². The number of hydrogen-bond donors (Lipinski definition) is 2. The number of nitrogens with zero attached hydrogens (tertiary/aromatic N) is 2. The van der Waals surface area contributed by atoms with Crippen LogP contribution in [-0.4, -0.2) is 18.2 Å². The number of nitrogens with one attached hydrogen (secondary N) is 1. The smallest absolute Gasteiger partial charge is 0.263 e. The molecule has 0 aliphatic rings. The van der Waals surface area contributed by atoms with Crippen LogP contribution in [0.25, 0.3) is 0 Å². The van der Waals surface area contributed by atoms with E-state index in [1.807, 2.05) is 0 Å². The maximum absolute atomic E-state index is 12.2. The molecule has 0 radical (unpaired) electrons. The van der Waals surface area contributed by atoms with Crippen molar-refractivity contribution in [3.63, 3.8) is 0 Å². The molecule has 0 aliphatic heterocycles. The second-order valence-corrected chi connectivity index (χ2v) is 6.15. The number of aromatic nitrogens is 2. The van der Waals surface area contributed by atoms with E-state index in [1.165, 1.54) is 23.0 Å². The quantitative estimate of drug-likeness (QED) is 0.845. The monoisotopic (exact) mass is 300 g/mol. The van der Waals surface area contributed by atoms with Crippen LogP contribution in [0.2, 0.25) is 5.02 Å². The minimum absolute atomic E-state index is 0.0631. The summed E-state index contributed by atoms with van der Waals surface area (Å²) in [5.74, 6) is 0.367. The number of nitrogen functional groups attached to an aromatic ring is 1. The van der Waals surface area contributed by atoms with Crippen molar-refractivity contribution < 1.29 is 8.42 Å². The van der Waals surface area contributed by atoms with E-state index >= 15 is 0 Å². The zero-order valence-electron chi connectivity index (χ0n) is 10.4. The molecule has 0 amide bonds. The van der Waals surface area contributed by atoms with Gasteiger partial charge in [0.15, 0.2) is 0 Å². The molecule has 1 heterocycles. The van der Waals surface area contributed by atoms with Crippen LogP contribution in [0.5, 0.6) is 0 Å². The van der Waals surface area contributed by atoms with Crippen LogP contribution in [0.15, 0.2) is 29.3 Å². The van der Waals surface area contributed by atoms with E-state index in [-0.39, 0.29) is 10.6 Å². The van der Waals surface area contributed by atoms with Gasteiger partial charge in [-0.2, -0.15) is 5.10 Å². The zero-order chi connectivity index (χ0) is 14.2. The molecule has 0 bridgehead atoms. The Labute approximate surface area is 116 Å². The number of benzene rings is 1. The molecule has 0 unspecified atom stereocenters. The highest BCUT2D eigenvalue weighted by Crippen LogP contribution is 2.27. The fourth-order valence-electron chi connectivity index (χ4n) is 1.59. The Kier molecular flexibility index (Phi) is 3.42. The molecule has 0 saturated carbocycles. The third-order valence-electron chi connectivity index (χ3n) is 2.63. The second kappa shape index (κ2) is 4.75. The molecule has 0 aliphatic carbocycles. The van der Waals surface area contributed by atoms with Crippen LogP contribution in [-0.2, 0) is 17.1 Å². The Balaban J connectivity index is 2.43. The number of nitrogens with two attached hydrogens (primary N) is 1. The highest BCUT2D eigenvalue weighted by Gasteiger charge is 2.18. The van der Waals surface area contributed by atoms with Crippen molar-refractivity contribution in [1.29, 1.82) is 0 Å². The van der Waals surface area contributed by atoms with E-state index in [2.05, 4.69) is 9.82 Å². The van der Waals surface area contributed by atoms with Crippen LogP contribution in [0.1, 0.15) is 5.56 Å². The van der Waals surface area contributed by atoms with Gasteiger partial charge in [0, 0.05) is 13.1 Å². The molecule has 0 atom stereocenters. The molecule has 6 nitrogen and oxygen atoms in total. The molecular formula is C11H13ClN4O2S. The van der Waals surface area contributed by atoms with Gasteiger partial charge in [-0.25, -0.2) is 8.42 Å². The first-order valence-electron chi connectivity index (χ1n) is 5.37. The third kappa shape index (κ3) is 2.66. The maximum atomic E-state index is 12.2. The van der Waals surface area contributed by atoms with Gasteiger partial charge in [0.2, 0.25) is 0 Å². The van der Waals surface area contributed by atoms with Crippen molar-refractivity contribution in [3.8, 4) is 0 Å². The lowest BCUT2D eigenvalue weighted by Crippen LogP contribution is -2.16. The maximum Gasteiger partial charge on any atom is 0.263 e. The SMILES string of the molecule is Cc1cc(S(=O)(=O)Nc2ccnn2C)cc(N)c1Cl. The average molecular weight is 301 g/mol. The van der Waals surface area contributed by atoms with E-state index in [4.69, 9.17) is 17.3 Å². The van der Waals surface area contributed by atoms with Crippen molar-refractivity contribution in [2.45, 2.75) is 11.8 Å². The molecular weight excluding hydrogens is 288 g/mol. The minimum atomic E-state index is -3.72. The first kappa shape index (κ1) is 13.7. The lowest BCUT2D eigenvalue weighted by molar-refractivity contribution is 0.600. The Hall–Kier alpha value is -1.73. The first-order chi connectivity index (χ1) is 8.81. The summed E-state index contributed by atoms with van der Waals surface area (Å²) in [5, 5.41) is 4.25. The summed E-state index contributed by atoms with van der Waals surface area (Å²) in [6.45, 7) is 1.70. The fraction of sp³-hybridized carbons (Fsp3) is 0.182. The van der Waals surface area contributed by atoms with Crippen molar-refractivity contribution in [1.82, 2.24) is 9.78 Å². The minimum Gasteiger partial charge on any atom is -0.397 e. The molecule has 3 N–H and O–H groups in total. The fourth-order valence-corrected chi connectivity index (χ4v) is 2.91. The highest BCUT2D eigenvalue weighted by atomic mass is 35.5. The molecule has 19 heavy (non-hydrogen) atoms. The summed E-state index contributed by atoms with van der Waals surface area (Å²) in [6.07, 6.45) is 1.50. The predicted molar refractivity (Wildman–Crippen MR) is 74.6 cm³/mol. The Morgan fingerprint density at radius 3 is 2.63 bits per heavy atom. The number of aryl methyl sites for hydroxylation is 2. The number of halogens is 1. The van der Waals surface area contributed by atoms with Crippen LogP contribution in [0.3, 0.4) is 0 Å². The standard InChI is InChI=1S/C11H13ClN4O2S/c1-7-5-8(6-9(13)11(7)12)19(17,18)15-10-3-4-14-16(10)2/h3-6,15H,13H2,1-2H3. The van der Waals surface area contributed by atoms with Crippen LogP contribution >= 0.6 is 11.6 Å². The van der Waals surface area contributed by atoms with E-state index in [1.54, 1.807) is 20.0 Å². The van der Waals surface area contributed by atoms with E-state index in [0.29, 0.717) is 16.4 Å². The molecule has 8 heteroatoms. The van der Waals surface area contributed by atoms with E-state index < -0.39 is 10.0 Å². The molecule has 1 aromatic heterocycles. The lowest BCUT2D eigenvalue weighted by Gasteiger charge is -2.10. The van der Waals surface area contributed by atoms with Gasteiger partial charge in [-0.3, -0.25) is 9.40 Å². The van der Waals surface area contributed by atoms with Crippen molar-refractivity contribution in [2.75, 3.05) is 10.5 Å². The van der Waals surface area contributed by atoms with Gasteiger partial charge in [0.1, 0.15) is 5.82 Å². The summed E-state index contributed by atoms with van der Waals surface area (Å²) >= 11 is 5.91. The topological polar surface area (TPSA) is 90.0 Å². The number of sulfonamides is 1. The van der Waals surface area contributed by atoms with Gasteiger partial charge in [-0.1, -0.05) is 11.6 Å². The summed E-state index contributed by atoms with van der Waals surface area (Å²) in [4.78, 5) is 0.0631. The van der Waals surface area contributed by atoms with Gasteiger partial charge in [-0.05, 0) is 24.6 Å². The number of hydrogen-bond acceptors (Lipinski definition) is 4. The molecule has 0 fully saturated rings. The predicted octanol–water partition coefficient (Wildman–Crippen LogP) is 1.76. The molecule has 0 spiro atoms. The van der Waals surface area contributed by atoms with Gasteiger partial charge < -0.3 is 5.73 Å².